The Morgan fingerprint density at radius 1 is 1.10 bits per heavy atom. The molecule has 21 heavy (non-hydrogen) atoms. The fraction of sp³-hybridized carbons (Fsp3) is 0.294. The van der Waals surface area contributed by atoms with Gasteiger partial charge in [-0.25, -0.2) is 0 Å². The molecule has 0 spiro atoms. The second-order valence-electron chi connectivity index (χ2n) is 5.23. The lowest BCUT2D eigenvalue weighted by Gasteiger charge is -2.17. The van der Waals surface area contributed by atoms with Crippen LogP contribution in [0.2, 0.25) is 0 Å². The third kappa shape index (κ3) is 4.56. The first-order valence-corrected chi connectivity index (χ1v) is 7.75. The molecule has 112 valence electrons. The number of aryl methyl sites for hydroxylation is 1. The van der Waals surface area contributed by atoms with Crippen molar-refractivity contribution in [2.24, 2.45) is 5.84 Å². The quantitative estimate of drug-likeness (QED) is 0.621. The van der Waals surface area contributed by atoms with Crippen LogP contribution in [0.25, 0.3) is 0 Å². The largest absolute Gasteiger partial charge is 0.496 e. The molecule has 4 heteroatoms. The number of ether oxygens (including phenoxy) is 1. The molecule has 0 aliphatic heterocycles. The standard InChI is InChI=1S/C17H21BrN2O/c1-12-3-5-13(6-4-12)9-15(20-19)10-14-7-8-17(21-2)16(18)11-14/h3-8,11,15,20H,9-10,19H2,1-2H3. The highest BCUT2D eigenvalue weighted by atomic mass is 79.9. The first-order chi connectivity index (χ1) is 10.1. The molecule has 2 aromatic rings. The van der Waals surface area contributed by atoms with Crippen molar-refractivity contribution in [1.29, 1.82) is 0 Å². The van der Waals surface area contributed by atoms with Gasteiger partial charge in [-0.1, -0.05) is 35.9 Å². The second kappa shape index (κ2) is 7.59. The molecule has 0 heterocycles. The van der Waals surface area contributed by atoms with E-state index in [1.165, 1.54) is 16.7 Å². The van der Waals surface area contributed by atoms with Crippen LogP contribution >= 0.6 is 15.9 Å². The maximum Gasteiger partial charge on any atom is 0.133 e. The van der Waals surface area contributed by atoms with Gasteiger partial charge in [-0.3, -0.25) is 11.3 Å². The van der Waals surface area contributed by atoms with Gasteiger partial charge in [0.1, 0.15) is 5.75 Å². The summed E-state index contributed by atoms with van der Waals surface area (Å²) in [4.78, 5) is 0. The van der Waals surface area contributed by atoms with Crippen LogP contribution in [-0.4, -0.2) is 13.2 Å². The zero-order valence-corrected chi connectivity index (χ0v) is 14.0. The van der Waals surface area contributed by atoms with Gasteiger partial charge in [0.2, 0.25) is 0 Å². The van der Waals surface area contributed by atoms with Gasteiger partial charge in [0, 0.05) is 6.04 Å². The Balaban J connectivity index is 2.05. The first kappa shape index (κ1) is 16.0. The highest BCUT2D eigenvalue weighted by Crippen LogP contribution is 2.26. The van der Waals surface area contributed by atoms with E-state index in [-0.39, 0.29) is 6.04 Å². The molecule has 0 fully saturated rings. The predicted octanol–water partition coefficient (Wildman–Crippen LogP) is 3.38. The molecule has 2 rings (SSSR count). The summed E-state index contributed by atoms with van der Waals surface area (Å²) in [6, 6.07) is 14.9. The van der Waals surface area contributed by atoms with Crippen LogP contribution in [0, 0.1) is 6.92 Å². The van der Waals surface area contributed by atoms with E-state index in [0.717, 1.165) is 23.1 Å². The lowest BCUT2D eigenvalue weighted by molar-refractivity contribution is 0.412. The van der Waals surface area contributed by atoms with Gasteiger partial charge in [0.05, 0.1) is 11.6 Å². The SMILES string of the molecule is COc1ccc(CC(Cc2ccc(C)cc2)NN)cc1Br. The Morgan fingerprint density at radius 2 is 1.71 bits per heavy atom. The summed E-state index contributed by atoms with van der Waals surface area (Å²) in [7, 11) is 1.67. The van der Waals surface area contributed by atoms with Crippen molar-refractivity contribution in [3.63, 3.8) is 0 Å². The third-order valence-electron chi connectivity index (χ3n) is 3.54. The zero-order valence-electron chi connectivity index (χ0n) is 12.4. The fourth-order valence-electron chi connectivity index (χ4n) is 2.32. The number of hydrazine groups is 1. The summed E-state index contributed by atoms with van der Waals surface area (Å²) in [6.45, 7) is 2.09. The van der Waals surface area contributed by atoms with Gasteiger partial charge in [-0.15, -0.1) is 0 Å². The van der Waals surface area contributed by atoms with Crippen LogP contribution in [0.4, 0.5) is 0 Å². The number of hydrogen-bond acceptors (Lipinski definition) is 3. The second-order valence-corrected chi connectivity index (χ2v) is 6.08. The topological polar surface area (TPSA) is 47.3 Å². The van der Waals surface area contributed by atoms with E-state index >= 15 is 0 Å². The molecule has 0 saturated heterocycles. The average molecular weight is 349 g/mol. The van der Waals surface area contributed by atoms with Gasteiger partial charge in [-0.05, 0) is 59.0 Å². The first-order valence-electron chi connectivity index (χ1n) is 6.96. The van der Waals surface area contributed by atoms with Gasteiger partial charge in [0.25, 0.3) is 0 Å². The van der Waals surface area contributed by atoms with Crippen molar-refractivity contribution in [3.05, 3.63) is 63.6 Å². The number of rotatable bonds is 6. The molecule has 3 nitrogen and oxygen atoms in total. The van der Waals surface area contributed by atoms with Crippen LogP contribution in [0.3, 0.4) is 0 Å². The Labute approximate surface area is 134 Å². The molecule has 0 radical (unpaired) electrons. The van der Waals surface area contributed by atoms with Gasteiger partial charge < -0.3 is 4.74 Å². The lowest BCUT2D eigenvalue weighted by Crippen LogP contribution is -2.38. The molecule has 3 N–H and O–H groups in total. The van der Waals surface area contributed by atoms with Crippen LogP contribution in [0.15, 0.2) is 46.9 Å². The van der Waals surface area contributed by atoms with E-state index in [9.17, 15) is 0 Å². The van der Waals surface area contributed by atoms with E-state index < -0.39 is 0 Å². The summed E-state index contributed by atoms with van der Waals surface area (Å²) >= 11 is 3.52. The summed E-state index contributed by atoms with van der Waals surface area (Å²) in [5, 5.41) is 0. The molecular weight excluding hydrogens is 328 g/mol. The highest BCUT2D eigenvalue weighted by Gasteiger charge is 2.10. The minimum Gasteiger partial charge on any atom is -0.496 e. The molecule has 0 aliphatic rings. The number of halogens is 1. The zero-order chi connectivity index (χ0) is 15.2. The highest BCUT2D eigenvalue weighted by molar-refractivity contribution is 9.10. The minimum absolute atomic E-state index is 0.202. The Hall–Kier alpha value is -1.36. The summed E-state index contributed by atoms with van der Waals surface area (Å²) in [6.07, 6.45) is 1.77. The molecule has 0 saturated carbocycles. The van der Waals surface area contributed by atoms with Crippen molar-refractivity contribution in [3.8, 4) is 5.75 Å². The van der Waals surface area contributed by atoms with E-state index in [0.29, 0.717) is 0 Å². The molecule has 0 aliphatic carbocycles. The number of benzene rings is 2. The predicted molar refractivity (Wildman–Crippen MR) is 90.4 cm³/mol. The van der Waals surface area contributed by atoms with Crippen LogP contribution < -0.4 is 16.0 Å². The van der Waals surface area contributed by atoms with E-state index in [1.807, 2.05) is 6.07 Å². The maximum absolute atomic E-state index is 5.71. The van der Waals surface area contributed by atoms with Crippen LogP contribution in [0.1, 0.15) is 16.7 Å². The van der Waals surface area contributed by atoms with Gasteiger partial charge in [-0.2, -0.15) is 0 Å². The van der Waals surface area contributed by atoms with E-state index in [1.54, 1.807) is 7.11 Å². The molecule has 0 aromatic heterocycles. The molecule has 1 atom stereocenters. The maximum atomic E-state index is 5.71. The Morgan fingerprint density at radius 3 is 2.29 bits per heavy atom. The van der Waals surface area contributed by atoms with Crippen molar-refractivity contribution < 1.29 is 4.74 Å². The normalized spacial score (nSPS) is 12.2. The number of nitrogens with two attached hydrogens (primary N) is 1. The smallest absolute Gasteiger partial charge is 0.133 e. The third-order valence-corrected chi connectivity index (χ3v) is 4.16. The van der Waals surface area contributed by atoms with Crippen LogP contribution in [0.5, 0.6) is 5.75 Å². The van der Waals surface area contributed by atoms with E-state index in [4.69, 9.17) is 10.6 Å². The van der Waals surface area contributed by atoms with Crippen molar-refractivity contribution in [2.45, 2.75) is 25.8 Å². The van der Waals surface area contributed by atoms with Gasteiger partial charge in [0.15, 0.2) is 0 Å². The summed E-state index contributed by atoms with van der Waals surface area (Å²) < 4.78 is 6.22. The van der Waals surface area contributed by atoms with Crippen molar-refractivity contribution >= 4 is 15.9 Å². The lowest BCUT2D eigenvalue weighted by atomic mass is 9.99. The monoisotopic (exact) mass is 348 g/mol. The molecule has 2 aromatic carbocycles. The summed E-state index contributed by atoms with van der Waals surface area (Å²) in [5.74, 6) is 6.55. The fourth-order valence-corrected chi connectivity index (χ4v) is 2.91. The molecule has 1 unspecified atom stereocenters. The Bertz CT molecular complexity index is 584. The average Bonchev–Trinajstić information content (AvgIpc) is 2.49. The number of hydrogen-bond donors (Lipinski definition) is 2. The van der Waals surface area contributed by atoms with Crippen molar-refractivity contribution in [1.82, 2.24) is 5.43 Å². The molecule has 0 bridgehead atoms. The van der Waals surface area contributed by atoms with Crippen molar-refractivity contribution in [2.75, 3.05) is 7.11 Å². The van der Waals surface area contributed by atoms with Gasteiger partial charge >= 0.3 is 0 Å². The number of methoxy groups -OCH3 is 1. The summed E-state index contributed by atoms with van der Waals surface area (Å²) in [5.41, 5.74) is 6.70. The molecular formula is C17H21BrN2O. The molecule has 0 amide bonds. The van der Waals surface area contributed by atoms with Crippen LogP contribution in [-0.2, 0) is 12.8 Å². The minimum atomic E-state index is 0.202. The Kier molecular flexibility index (Phi) is 5.79. The van der Waals surface area contributed by atoms with E-state index in [2.05, 4.69) is 64.7 Å². The number of nitrogens with one attached hydrogen (secondary N) is 1.